The summed E-state index contributed by atoms with van der Waals surface area (Å²) in [5, 5.41) is 9.56. The summed E-state index contributed by atoms with van der Waals surface area (Å²) in [6, 6.07) is 20.6. The van der Waals surface area contributed by atoms with Crippen molar-refractivity contribution in [2.45, 2.75) is 71.3 Å². The van der Waals surface area contributed by atoms with Crippen LogP contribution in [0.25, 0.3) is 11.3 Å². The van der Waals surface area contributed by atoms with Gasteiger partial charge in [-0.2, -0.15) is 0 Å². The highest BCUT2D eigenvalue weighted by molar-refractivity contribution is 5.61. The van der Waals surface area contributed by atoms with Crippen LogP contribution in [0, 0.1) is 12.8 Å². The number of phenols is 1. The standard InChI is InChI=1S/C29H37NO2/c1-3-5-23-7-9-24(10-8-23)25-13-17-28(18-14-25)32-21-4-20-30-22(2)6-19-29(30)26-11-15-27(31)16-12-26/h6,11-19,23-24,31H,3-5,7-10,20-21H2,1-2H3. The average Bonchev–Trinajstić information content (AvgIpc) is 3.19. The first kappa shape index (κ1) is 22.5. The minimum Gasteiger partial charge on any atom is -0.508 e. The maximum atomic E-state index is 9.56. The number of ether oxygens (including phenoxy) is 1. The van der Waals surface area contributed by atoms with Gasteiger partial charge in [-0.25, -0.2) is 0 Å². The molecule has 170 valence electrons. The Morgan fingerprint density at radius 1 is 0.906 bits per heavy atom. The Bertz CT molecular complexity index is 963. The number of hydrogen-bond acceptors (Lipinski definition) is 2. The van der Waals surface area contributed by atoms with Crippen molar-refractivity contribution in [1.82, 2.24) is 4.57 Å². The molecule has 3 nitrogen and oxygen atoms in total. The lowest BCUT2D eigenvalue weighted by atomic mass is 9.77. The van der Waals surface area contributed by atoms with Crippen molar-refractivity contribution in [3.05, 3.63) is 71.9 Å². The molecule has 1 heterocycles. The van der Waals surface area contributed by atoms with E-state index in [0.717, 1.165) is 36.1 Å². The van der Waals surface area contributed by atoms with Crippen LogP contribution in [0.4, 0.5) is 0 Å². The predicted octanol–water partition coefficient (Wildman–Crippen LogP) is 7.71. The van der Waals surface area contributed by atoms with E-state index in [1.54, 1.807) is 12.1 Å². The SMILES string of the molecule is CCCC1CCC(c2ccc(OCCCn3c(C)ccc3-c3ccc(O)cc3)cc2)CC1. The fourth-order valence-corrected chi connectivity index (χ4v) is 5.19. The first-order valence-electron chi connectivity index (χ1n) is 12.3. The minimum absolute atomic E-state index is 0.298. The fourth-order valence-electron chi connectivity index (χ4n) is 5.19. The summed E-state index contributed by atoms with van der Waals surface area (Å²) >= 11 is 0. The maximum absolute atomic E-state index is 9.56. The van der Waals surface area contributed by atoms with Crippen molar-refractivity contribution in [1.29, 1.82) is 0 Å². The van der Waals surface area contributed by atoms with Crippen molar-refractivity contribution in [2.24, 2.45) is 5.92 Å². The van der Waals surface area contributed by atoms with E-state index in [1.807, 2.05) is 12.1 Å². The number of aromatic hydroxyl groups is 1. The van der Waals surface area contributed by atoms with Crippen molar-refractivity contribution in [2.75, 3.05) is 6.61 Å². The lowest BCUT2D eigenvalue weighted by Gasteiger charge is -2.28. The van der Waals surface area contributed by atoms with E-state index < -0.39 is 0 Å². The minimum atomic E-state index is 0.298. The third-order valence-corrected chi connectivity index (χ3v) is 7.05. The zero-order valence-electron chi connectivity index (χ0n) is 19.6. The highest BCUT2D eigenvalue weighted by atomic mass is 16.5. The molecule has 4 rings (SSSR count). The highest BCUT2D eigenvalue weighted by Gasteiger charge is 2.21. The summed E-state index contributed by atoms with van der Waals surface area (Å²) in [5.74, 6) is 2.95. The number of phenolic OH excluding ortho intramolecular Hbond substituents is 1. The second-order valence-corrected chi connectivity index (χ2v) is 9.34. The van der Waals surface area contributed by atoms with Crippen LogP contribution in [0.2, 0.25) is 0 Å². The van der Waals surface area contributed by atoms with Crippen LogP contribution >= 0.6 is 0 Å². The molecule has 1 fully saturated rings. The third kappa shape index (κ3) is 5.56. The molecule has 0 saturated heterocycles. The van der Waals surface area contributed by atoms with E-state index in [9.17, 15) is 5.11 Å². The molecule has 1 aliphatic carbocycles. The van der Waals surface area contributed by atoms with Gasteiger partial charge in [0, 0.05) is 17.9 Å². The van der Waals surface area contributed by atoms with Gasteiger partial charge in [0.2, 0.25) is 0 Å². The van der Waals surface area contributed by atoms with E-state index in [-0.39, 0.29) is 0 Å². The lowest BCUT2D eigenvalue weighted by molar-refractivity contribution is 0.300. The smallest absolute Gasteiger partial charge is 0.119 e. The Labute approximate surface area is 193 Å². The van der Waals surface area contributed by atoms with Crippen LogP contribution in [0.5, 0.6) is 11.5 Å². The number of aromatic nitrogens is 1. The monoisotopic (exact) mass is 431 g/mol. The number of benzene rings is 2. The molecule has 0 amide bonds. The molecule has 1 N–H and O–H groups in total. The highest BCUT2D eigenvalue weighted by Crippen LogP contribution is 2.37. The Kier molecular flexibility index (Phi) is 7.57. The molecule has 1 aromatic heterocycles. The van der Waals surface area contributed by atoms with Gasteiger partial charge in [0.15, 0.2) is 0 Å². The molecular formula is C29H37NO2. The van der Waals surface area contributed by atoms with Gasteiger partial charge in [0.05, 0.1) is 6.61 Å². The molecule has 0 radical (unpaired) electrons. The zero-order chi connectivity index (χ0) is 22.3. The van der Waals surface area contributed by atoms with Gasteiger partial charge in [0.25, 0.3) is 0 Å². The van der Waals surface area contributed by atoms with Crippen molar-refractivity contribution in [3.63, 3.8) is 0 Å². The number of hydrogen-bond donors (Lipinski definition) is 1. The van der Waals surface area contributed by atoms with Crippen LogP contribution in [0.15, 0.2) is 60.7 Å². The van der Waals surface area contributed by atoms with E-state index in [1.165, 1.54) is 55.5 Å². The van der Waals surface area contributed by atoms with Crippen molar-refractivity contribution >= 4 is 0 Å². The second kappa shape index (κ2) is 10.8. The van der Waals surface area contributed by atoms with Gasteiger partial charge in [-0.1, -0.05) is 31.9 Å². The lowest BCUT2D eigenvalue weighted by Crippen LogP contribution is -2.13. The van der Waals surface area contributed by atoms with Gasteiger partial charge in [0.1, 0.15) is 11.5 Å². The largest absolute Gasteiger partial charge is 0.508 e. The van der Waals surface area contributed by atoms with Crippen molar-refractivity contribution < 1.29 is 9.84 Å². The first-order valence-corrected chi connectivity index (χ1v) is 12.3. The molecule has 3 aromatic rings. The molecule has 1 aliphatic rings. The van der Waals surface area contributed by atoms with E-state index in [0.29, 0.717) is 12.4 Å². The molecule has 0 atom stereocenters. The fraction of sp³-hybridized carbons (Fsp3) is 0.448. The van der Waals surface area contributed by atoms with E-state index in [4.69, 9.17) is 4.74 Å². The predicted molar refractivity (Wildman–Crippen MR) is 132 cm³/mol. The summed E-state index contributed by atoms with van der Waals surface area (Å²) in [4.78, 5) is 0. The number of nitrogens with zero attached hydrogens (tertiary/aromatic N) is 1. The summed E-state index contributed by atoms with van der Waals surface area (Å²) in [6.07, 6.45) is 9.13. The summed E-state index contributed by atoms with van der Waals surface area (Å²) < 4.78 is 8.38. The Morgan fingerprint density at radius 2 is 1.62 bits per heavy atom. The summed E-state index contributed by atoms with van der Waals surface area (Å²) in [5.41, 5.74) is 5.02. The first-order chi connectivity index (χ1) is 15.6. The zero-order valence-corrected chi connectivity index (χ0v) is 19.6. The average molecular weight is 432 g/mol. The number of rotatable bonds is 9. The third-order valence-electron chi connectivity index (χ3n) is 7.05. The molecule has 3 heteroatoms. The molecule has 0 aliphatic heterocycles. The van der Waals surface area contributed by atoms with Crippen LogP contribution in [-0.4, -0.2) is 16.3 Å². The van der Waals surface area contributed by atoms with Gasteiger partial charge in [-0.05, 0) is 111 Å². The molecular weight excluding hydrogens is 394 g/mol. The molecule has 1 saturated carbocycles. The second-order valence-electron chi connectivity index (χ2n) is 9.34. The molecule has 32 heavy (non-hydrogen) atoms. The Morgan fingerprint density at radius 3 is 2.31 bits per heavy atom. The van der Waals surface area contributed by atoms with E-state index in [2.05, 4.69) is 54.8 Å². The van der Waals surface area contributed by atoms with Crippen LogP contribution in [0.1, 0.15) is 69.0 Å². The van der Waals surface area contributed by atoms with Gasteiger partial charge < -0.3 is 14.4 Å². The molecule has 0 bridgehead atoms. The van der Waals surface area contributed by atoms with Crippen molar-refractivity contribution in [3.8, 4) is 22.8 Å². The van der Waals surface area contributed by atoms with Gasteiger partial charge in [-0.15, -0.1) is 0 Å². The molecule has 2 aromatic carbocycles. The van der Waals surface area contributed by atoms with E-state index >= 15 is 0 Å². The van der Waals surface area contributed by atoms with Crippen LogP contribution < -0.4 is 4.74 Å². The van der Waals surface area contributed by atoms with Gasteiger partial charge in [-0.3, -0.25) is 0 Å². The Balaban J connectivity index is 1.26. The quantitative estimate of drug-likeness (QED) is 0.352. The summed E-state index contributed by atoms with van der Waals surface area (Å²) in [7, 11) is 0. The molecule has 0 unspecified atom stereocenters. The normalized spacial score (nSPS) is 18.6. The Hall–Kier alpha value is -2.68. The molecule has 0 spiro atoms. The van der Waals surface area contributed by atoms with Gasteiger partial charge >= 0.3 is 0 Å². The number of aryl methyl sites for hydroxylation is 1. The topological polar surface area (TPSA) is 34.4 Å². The maximum Gasteiger partial charge on any atom is 0.119 e. The van der Waals surface area contributed by atoms with Crippen LogP contribution in [0.3, 0.4) is 0 Å². The summed E-state index contributed by atoms with van der Waals surface area (Å²) in [6.45, 7) is 6.06. The van der Waals surface area contributed by atoms with Crippen LogP contribution in [-0.2, 0) is 6.54 Å².